The van der Waals surface area contributed by atoms with Crippen molar-refractivity contribution < 1.29 is 24.2 Å². The summed E-state index contributed by atoms with van der Waals surface area (Å²) in [5, 5.41) is 16.2. The van der Waals surface area contributed by atoms with Crippen LogP contribution in [-0.2, 0) is 19.1 Å². The van der Waals surface area contributed by atoms with E-state index in [1.165, 1.54) is 0 Å². The largest absolute Gasteiger partial charge is 0.394 e. The lowest BCUT2D eigenvalue weighted by molar-refractivity contribution is -0.151. The van der Waals surface area contributed by atoms with Gasteiger partial charge < -0.3 is 25.4 Å². The van der Waals surface area contributed by atoms with Crippen molar-refractivity contribution in [3.8, 4) is 0 Å². The van der Waals surface area contributed by atoms with Gasteiger partial charge in [-0.15, -0.1) is 0 Å². The summed E-state index contributed by atoms with van der Waals surface area (Å²) in [6, 6.07) is -1.35. The molecule has 3 aliphatic rings. The van der Waals surface area contributed by atoms with Crippen LogP contribution >= 0.6 is 0 Å². The molecule has 1 spiro atoms. The van der Waals surface area contributed by atoms with Crippen LogP contribution in [-0.4, -0.2) is 70.7 Å². The van der Waals surface area contributed by atoms with Gasteiger partial charge in [0.25, 0.3) is 0 Å². The molecule has 0 aliphatic carbocycles. The number of carbonyl (C=O) groups is 3. The lowest BCUT2D eigenvalue weighted by atomic mass is 9.62. The zero-order chi connectivity index (χ0) is 24.6. The Morgan fingerprint density at radius 3 is 2.42 bits per heavy atom. The summed E-state index contributed by atoms with van der Waals surface area (Å²) < 4.78 is 6.67. The quantitative estimate of drug-likeness (QED) is 0.404. The maximum Gasteiger partial charge on any atom is 0.245 e. The van der Waals surface area contributed by atoms with Gasteiger partial charge in [0.1, 0.15) is 11.6 Å². The molecular formula is C25H43N3O5. The second kappa shape index (κ2) is 9.90. The molecule has 3 rings (SSSR count). The Morgan fingerprint density at radius 1 is 1.18 bits per heavy atom. The number of aliphatic hydroxyl groups is 1. The molecule has 8 heteroatoms. The van der Waals surface area contributed by atoms with Gasteiger partial charge in [-0.25, -0.2) is 0 Å². The first kappa shape index (κ1) is 25.9. The second-order valence-corrected chi connectivity index (χ2v) is 10.9. The molecule has 7 atom stereocenters. The average molecular weight is 466 g/mol. The number of carbonyl (C=O) groups excluding carboxylic acids is 3. The highest BCUT2D eigenvalue weighted by molar-refractivity contribution is 5.99. The van der Waals surface area contributed by atoms with Crippen LogP contribution in [0.2, 0.25) is 0 Å². The number of hydrogen-bond acceptors (Lipinski definition) is 5. The molecule has 8 nitrogen and oxygen atoms in total. The van der Waals surface area contributed by atoms with Crippen LogP contribution in [0.15, 0.2) is 0 Å². The number of hydrogen-bond donors (Lipinski definition) is 3. The molecule has 3 unspecified atom stereocenters. The van der Waals surface area contributed by atoms with Crippen molar-refractivity contribution in [1.29, 1.82) is 0 Å². The van der Waals surface area contributed by atoms with Crippen LogP contribution < -0.4 is 10.6 Å². The van der Waals surface area contributed by atoms with Gasteiger partial charge >= 0.3 is 0 Å². The highest BCUT2D eigenvalue weighted by atomic mass is 16.5. The molecular weight excluding hydrogens is 422 g/mol. The van der Waals surface area contributed by atoms with Crippen molar-refractivity contribution in [1.82, 2.24) is 15.5 Å². The van der Waals surface area contributed by atoms with E-state index in [9.17, 15) is 19.5 Å². The number of rotatable bonds is 11. The minimum Gasteiger partial charge on any atom is -0.394 e. The SMILES string of the molecule is CCCCNC(=O)C1N([C@@H](CO)CC(C)C)C(=O)[C@@H]2[C@@H](C(=O)NCCC)[C@]3(C)OC12CC3C. The van der Waals surface area contributed by atoms with Gasteiger partial charge in [0, 0.05) is 13.1 Å². The summed E-state index contributed by atoms with van der Waals surface area (Å²) in [6.45, 7) is 12.9. The van der Waals surface area contributed by atoms with Gasteiger partial charge in [-0.1, -0.05) is 41.0 Å². The van der Waals surface area contributed by atoms with Crippen molar-refractivity contribution in [2.24, 2.45) is 23.7 Å². The van der Waals surface area contributed by atoms with Gasteiger partial charge in [-0.2, -0.15) is 0 Å². The first-order valence-electron chi connectivity index (χ1n) is 12.8. The Hall–Kier alpha value is -1.67. The number of fused-ring (bicyclic) bond motifs is 1. The van der Waals surface area contributed by atoms with Crippen LogP contribution in [0.1, 0.15) is 73.6 Å². The van der Waals surface area contributed by atoms with Crippen LogP contribution in [0.3, 0.4) is 0 Å². The standard InChI is InChI=1S/C25H43N3O5/c1-7-9-11-27-22(31)20-25-13-16(5)24(6,33-25)18(21(30)26-10-8-2)19(25)23(32)28(20)17(14-29)12-15(3)4/h15-20,29H,7-14H2,1-6H3,(H,26,30)(H,27,31)/t16?,17-,18+,19+,20?,24-,25?/m1/s1. The molecule has 188 valence electrons. The first-order valence-corrected chi connectivity index (χ1v) is 12.8. The fourth-order valence-corrected chi connectivity index (χ4v) is 6.43. The molecule has 3 heterocycles. The zero-order valence-electron chi connectivity index (χ0n) is 21.1. The fraction of sp³-hybridized carbons (Fsp3) is 0.880. The minimum absolute atomic E-state index is 0.0162. The summed E-state index contributed by atoms with van der Waals surface area (Å²) in [5.41, 5.74) is -1.86. The Labute approximate surface area is 198 Å². The van der Waals surface area contributed by atoms with Gasteiger partial charge in [0.15, 0.2) is 0 Å². The summed E-state index contributed by atoms with van der Waals surface area (Å²) in [6.07, 6.45) is 3.70. The summed E-state index contributed by atoms with van der Waals surface area (Å²) in [7, 11) is 0. The number of nitrogens with one attached hydrogen (secondary N) is 2. The maximum absolute atomic E-state index is 14.0. The highest BCUT2D eigenvalue weighted by Crippen LogP contribution is 2.65. The van der Waals surface area contributed by atoms with Crippen molar-refractivity contribution in [3.05, 3.63) is 0 Å². The van der Waals surface area contributed by atoms with E-state index in [4.69, 9.17) is 4.74 Å². The normalized spacial score (nSPS) is 35.8. The monoisotopic (exact) mass is 465 g/mol. The van der Waals surface area contributed by atoms with Crippen LogP contribution in [0.4, 0.5) is 0 Å². The third-order valence-electron chi connectivity index (χ3n) is 8.01. The maximum atomic E-state index is 14.0. The summed E-state index contributed by atoms with van der Waals surface area (Å²) in [5.74, 6) is -1.79. The van der Waals surface area contributed by atoms with E-state index in [1.54, 1.807) is 4.90 Å². The zero-order valence-corrected chi connectivity index (χ0v) is 21.1. The molecule has 33 heavy (non-hydrogen) atoms. The molecule has 0 aromatic carbocycles. The van der Waals surface area contributed by atoms with Gasteiger partial charge in [-0.05, 0) is 44.4 Å². The van der Waals surface area contributed by atoms with Gasteiger partial charge in [-0.3, -0.25) is 14.4 Å². The molecule has 2 bridgehead atoms. The predicted molar refractivity (Wildman–Crippen MR) is 125 cm³/mol. The van der Waals surface area contributed by atoms with Gasteiger partial charge in [0.05, 0.1) is 30.1 Å². The number of nitrogens with zero attached hydrogens (tertiary/aromatic N) is 1. The van der Waals surface area contributed by atoms with E-state index in [2.05, 4.69) is 17.6 Å². The minimum atomic E-state index is -1.06. The molecule has 0 aromatic rings. The fourth-order valence-electron chi connectivity index (χ4n) is 6.43. The Balaban J connectivity index is 2.06. The van der Waals surface area contributed by atoms with Crippen LogP contribution in [0, 0.1) is 23.7 Å². The average Bonchev–Trinajstić information content (AvgIpc) is 3.27. The number of unbranched alkanes of at least 4 members (excludes halogenated alkanes) is 1. The van der Waals surface area contributed by atoms with Gasteiger partial charge in [0.2, 0.25) is 17.7 Å². The van der Waals surface area contributed by atoms with Crippen LogP contribution in [0.5, 0.6) is 0 Å². The van der Waals surface area contributed by atoms with Crippen molar-refractivity contribution in [2.75, 3.05) is 19.7 Å². The van der Waals surface area contributed by atoms with E-state index in [0.29, 0.717) is 25.9 Å². The third-order valence-corrected chi connectivity index (χ3v) is 8.01. The summed E-state index contributed by atoms with van der Waals surface area (Å²) >= 11 is 0. The van der Waals surface area contributed by atoms with E-state index in [1.807, 2.05) is 34.6 Å². The molecule has 0 radical (unpaired) electrons. The number of likely N-dealkylation sites (tertiary alicyclic amines) is 1. The molecule has 3 amide bonds. The van der Waals surface area contributed by atoms with Crippen molar-refractivity contribution in [3.63, 3.8) is 0 Å². The van der Waals surface area contributed by atoms with E-state index in [0.717, 1.165) is 19.3 Å². The predicted octanol–water partition coefficient (Wildman–Crippen LogP) is 1.85. The highest BCUT2D eigenvalue weighted by Gasteiger charge is 2.80. The molecule has 0 saturated carbocycles. The number of aliphatic hydroxyl groups excluding tert-OH is 1. The Kier molecular flexibility index (Phi) is 7.79. The van der Waals surface area contributed by atoms with E-state index in [-0.39, 0.29) is 36.2 Å². The molecule has 3 fully saturated rings. The molecule has 3 aliphatic heterocycles. The lowest BCUT2D eigenvalue weighted by Crippen LogP contribution is -2.58. The number of ether oxygens (including phenoxy) is 1. The van der Waals surface area contributed by atoms with Crippen molar-refractivity contribution in [2.45, 2.75) is 96.9 Å². The van der Waals surface area contributed by atoms with Crippen LogP contribution in [0.25, 0.3) is 0 Å². The molecule has 3 N–H and O–H groups in total. The van der Waals surface area contributed by atoms with E-state index >= 15 is 0 Å². The molecule has 0 aromatic heterocycles. The lowest BCUT2D eigenvalue weighted by Gasteiger charge is -2.37. The Bertz CT molecular complexity index is 758. The molecule has 3 saturated heterocycles. The van der Waals surface area contributed by atoms with Crippen molar-refractivity contribution >= 4 is 17.7 Å². The third kappa shape index (κ3) is 4.18. The topological polar surface area (TPSA) is 108 Å². The number of amides is 3. The second-order valence-electron chi connectivity index (χ2n) is 10.9. The Morgan fingerprint density at radius 2 is 1.85 bits per heavy atom. The van der Waals surface area contributed by atoms with E-state index < -0.39 is 35.1 Å². The smallest absolute Gasteiger partial charge is 0.245 e. The summed E-state index contributed by atoms with van der Waals surface area (Å²) in [4.78, 5) is 42.5. The first-order chi connectivity index (χ1) is 15.6.